The molecule has 7 heteroatoms. The van der Waals surface area contributed by atoms with Crippen LogP contribution in [0.3, 0.4) is 0 Å². The molecule has 0 radical (unpaired) electrons. The number of amides is 3. The highest BCUT2D eigenvalue weighted by Crippen LogP contribution is 2.27. The minimum absolute atomic E-state index is 0.214. The lowest BCUT2D eigenvalue weighted by Gasteiger charge is -2.28. The molecule has 1 atom stereocenters. The van der Waals surface area contributed by atoms with Gasteiger partial charge in [0.05, 0.1) is 22.0 Å². The molecule has 0 saturated heterocycles. The first kappa shape index (κ1) is 17.6. The highest BCUT2D eigenvalue weighted by molar-refractivity contribution is 7.16. The van der Waals surface area contributed by atoms with E-state index in [9.17, 15) is 14.4 Å². The number of hydrogen-bond donors (Lipinski definition) is 1. The molecule has 1 aromatic carbocycles. The zero-order valence-corrected chi connectivity index (χ0v) is 15.4. The maximum Gasteiger partial charge on any atom is 0.262 e. The van der Waals surface area contributed by atoms with E-state index in [-0.39, 0.29) is 11.8 Å². The number of fused-ring (bicyclic) bond motifs is 1. The van der Waals surface area contributed by atoms with Crippen molar-refractivity contribution in [1.29, 1.82) is 0 Å². The van der Waals surface area contributed by atoms with Gasteiger partial charge in [-0.1, -0.05) is 37.6 Å². The van der Waals surface area contributed by atoms with Gasteiger partial charge in [0, 0.05) is 4.88 Å². The molecule has 1 aliphatic heterocycles. The van der Waals surface area contributed by atoms with Gasteiger partial charge in [-0.25, -0.2) is 0 Å². The molecule has 1 aliphatic rings. The molecule has 5 nitrogen and oxygen atoms in total. The van der Waals surface area contributed by atoms with Crippen molar-refractivity contribution in [2.24, 2.45) is 5.92 Å². The zero-order valence-electron chi connectivity index (χ0n) is 13.8. The average Bonchev–Trinajstić information content (AvgIpc) is 3.10. The molecule has 0 bridgehead atoms. The van der Waals surface area contributed by atoms with Gasteiger partial charge in [0.2, 0.25) is 5.91 Å². The molecule has 1 aromatic heterocycles. The van der Waals surface area contributed by atoms with Gasteiger partial charge in [-0.15, -0.1) is 11.3 Å². The van der Waals surface area contributed by atoms with E-state index in [0.717, 1.165) is 9.78 Å². The summed E-state index contributed by atoms with van der Waals surface area (Å²) in [5.41, 5.74) is 0.687. The second-order valence-corrected chi connectivity index (χ2v) is 7.94. The summed E-state index contributed by atoms with van der Waals surface area (Å²) in [7, 11) is 0. The highest BCUT2D eigenvalue weighted by atomic mass is 35.5. The Bertz CT molecular complexity index is 811. The Morgan fingerprint density at radius 3 is 2.20 bits per heavy atom. The van der Waals surface area contributed by atoms with Crippen molar-refractivity contribution >= 4 is 40.7 Å². The molecule has 0 spiro atoms. The number of rotatable bonds is 5. The maximum absolute atomic E-state index is 12.7. The number of benzene rings is 1. The fraction of sp³-hybridized carbons (Fsp3) is 0.278. The number of nitrogens with zero attached hydrogens (tertiary/aromatic N) is 1. The molecule has 0 aliphatic carbocycles. The van der Waals surface area contributed by atoms with E-state index in [0.29, 0.717) is 22.0 Å². The van der Waals surface area contributed by atoms with E-state index < -0.39 is 17.9 Å². The smallest absolute Gasteiger partial charge is 0.262 e. The van der Waals surface area contributed by atoms with Crippen LogP contribution in [0.4, 0.5) is 0 Å². The van der Waals surface area contributed by atoms with Gasteiger partial charge < -0.3 is 5.32 Å². The van der Waals surface area contributed by atoms with Gasteiger partial charge in [-0.3, -0.25) is 19.3 Å². The Labute approximate surface area is 154 Å². The fourth-order valence-corrected chi connectivity index (χ4v) is 3.93. The van der Waals surface area contributed by atoms with Gasteiger partial charge in [-0.2, -0.15) is 0 Å². The number of imide groups is 1. The van der Waals surface area contributed by atoms with Crippen molar-refractivity contribution < 1.29 is 14.4 Å². The summed E-state index contributed by atoms with van der Waals surface area (Å²) in [5.74, 6) is -1.41. The lowest BCUT2D eigenvalue weighted by molar-refractivity contribution is -0.126. The molecule has 25 heavy (non-hydrogen) atoms. The first-order valence-electron chi connectivity index (χ1n) is 7.89. The first-order valence-corrected chi connectivity index (χ1v) is 9.08. The molecule has 3 rings (SSSR count). The van der Waals surface area contributed by atoms with Crippen molar-refractivity contribution in [2.75, 3.05) is 0 Å². The molecule has 3 amide bonds. The summed E-state index contributed by atoms with van der Waals surface area (Å²) in [5, 5.41) is 2.81. The minimum atomic E-state index is -0.858. The molecular weight excluding hydrogens is 360 g/mol. The van der Waals surface area contributed by atoms with Crippen LogP contribution in [0.25, 0.3) is 0 Å². The Kier molecular flexibility index (Phi) is 4.92. The van der Waals surface area contributed by atoms with Crippen LogP contribution in [-0.2, 0) is 11.3 Å². The van der Waals surface area contributed by atoms with E-state index in [1.54, 1.807) is 30.3 Å². The van der Waals surface area contributed by atoms with Crippen molar-refractivity contribution in [3.63, 3.8) is 0 Å². The van der Waals surface area contributed by atoms with Crippen LogP contribution < -0.4 is 5.32 Å². The monoisotopic (exact) mass is 376 g/mol. The Balaban J connectivity index is 1.81. The predicted molar refractivity (Wildman–Crippen MR) is 96.7 cm³/mol. The molecule has 1 N–H and O–H groups in total. The summed E-state index contributed by atoms with van der Waals surface area (Å²) in [6.07, 6.45) is 0. The van der Waals surface area contributed by atoms with Crippen LogP contribution in [0.5, 0.6) is 0 Å². The lowest BCUT2D eigenvalue weighted by atomic mass is 10.0. The third-order valence-corrected chi connectivity index (χ3v) is 5.30. The van der Waals surface area contributed by atoms with E-state index in [1.165, 1.54) is 11.3 Å². The average molecular weight is 377 g/mol. The maximum atomic E-state index is 12.7. The van der Waals surface area contributed by atoms with E-state index in [1.807, 2.05) is 19.9 Å². The van der Waals surface area contributed by atoms with Crippen molar-refractivity contribution in [2.45, 2.75) is 26.4 Å². The first-order chi connectivity index (χ1) is 11.9. The zero-order chi connectivity index (χ0) is 18.1. The van der Waals surface area contributed by atoms with Crippen LogP contribution in [0, 0.1) is 5.92 Å². The standard InChI is InChI=1S/C18H17ClN2O3S/c1-10(2)15(16(22)20-9-11-7-8-14(19)25-11)21-17(23)12-5-3-4-6-13(12)18(21)24/h3-8,10,15H,9H2,1-2H3,(H,20,22). The Morgan fingerprint density at radius 2 is 1.72 bits per heavy atom. The van der Waals surface area contributed by atoms with Gasteiger partial charge in [0.15, 0.2) is 0 Å². The SMILES string of the molecule is CC(C)C(C(=O)NCc1ccc(Cl)s1)N1C(=O)c2ccccc2C1=O. The van der Waals surface area contributed by atoms with Crippen LogP contribution >= 0.6 is 22.9 Å². The Morgan fingerprint density at radius 1 is 1.12 bits per heavy atom. The van der Waals surface area contributed by atoms with Gasteiger partial charge in [-0.05, 0) is 30.2 Å². The molecule has 0 saturated carbocycles. The van der Waals surface area contributed by atoms with Crippen LogP contribution in [0.2, 0.25) is 4.34 Å². The second kappa shape index (κ2) is 6.98. The van der Waals surface area contributed by atoms with E-state index in [2.05, 4.69) is 5.32 Å². The third-order valence-electron chi connectivity index (χ3n) is 4.07. The molecule has 2 aromatic rings. The van der Waals surface area contributed by atoms with Crippen molar-refractivity contribution in [3.05, 3.63) is 56.7 Å². The molecule has 0 fully saturated rings. The van der Waals surface area contributed by atoms with Crippen molar-refractivity contribution in [1.82, 2.24) is 10.2 Å². The number of nitrogens with one attached hydrogen (secondary N) is 1. The van der Waals surface area contributed by atoms with E-state index in [4.69, 9.17) is 11.6 Å². The summed E-state index contributed by atoms with van der Waals surface area (Å²) >= 11 is 7.27. The van der Waals surface area contributed by atoms with Crippen molar-refractivity contribution in [3.8, 4) is 0 Å². The largest absolute Gasteiger partial charge is 0.349 e. The van der Waals surface area contributed by atoms with Gasteiger partial charge in [0.1, 0.15) is 6.04 Å². The molecule has 130 valence electrons. The molecular formula is C18H17ClN2O3S. The number of hydrogen-bond acceptors (Lipinski definition) is 4. The van der Waals surface area contributed by atoms with E-state index >= 15 is 0 Å². The number of thiophene rings is 1. The van der Waals surface area contributed by atoms with Crippen LogP contribution in [-0.4, -0.2) is 28.7 Å². The summed E-state index contributed by atoms with van der Waals surface area (Å²) in [6, 6.07) is 9.37. The third kappa shape index (κ3) is 3.32. The fourth-order valence-electron chi connectivity index (χ4n) is 2.90. The number of halogens is 1. The number of carbonyl (C=O) groups is 3. The van der Waals surface area contributed by atoms with Gasteiger partial charge >= 0.3 is 0 Å². The predicted octanol–water partition coefficient (Wildman–Crippen LogP) is 3.34. The summed E-state index contributed by atoms with van der Waals surface area (Å²) in [4.78, 5) is 40.0. The lowest BCUT2D eigenvalue weighted by Crippen LogP contribution is -2.52. The van der Waals surface area contributed by atoms with Crippen LogP contribution in [0.15, 0.2) is 36.4 Å². The normalized spacial score (nSPS) is 14.8. The Hall–Kier alpha value is -2.18. The quantitative estimate of drug-likeness (QED) is 0.814. The molecule has 1 unspecified atom stereocenters. The summed E-state index contributed by atoms with van der Waals surface area (Å²) in [6.45, 7) is 3.94. The van der Waals surface area contributed by atoms with Crippen LogP contribution in [0.1, 0.15) is 39.4 Å². The topological polar surface area (TPSA) is 66.5 Å². The highest BCUT2D eigenvalue weighted by Gasteiger charge is 2.43. The second-order valence-electron chi connectivity index (χ2n) is 6.14. The summed E-state index contributed by atoms with van der Waals surface area (Å²) < 4.78 is 0.644. The number of carbonyl (C=O) groups excluding carboxylic acids is 3. The molecule has 2 heterocycles. The minimum Gasteiger partial charge on any atom is -0.349 e. The van der Waals surface area contributed by atoms with Gasteiger partial charge in [0.25, 0.3) is 11.8 Å².